The van der Waals surface area contributed by atoms with E-state index < -0.39 is 0 Å². The molecule has 12 heavy (non-hydrogen) atoms. The first kappa shape index (κ1) is 7.77. The summed E-state index contributed by atoms with van der Waals surface area (Å²) in [6.45, 7) is 2.41. The van der Waals surface area contributed by atoms with E-state index >= 15 is 0 Å². The van der Waals surface area contributed by atoms with Gasteiger partial charge < -0.3 is 4.90 Å². The van der Waals surface area contributed by atoms with Gasteiger partial charge in [0.15, 0.2) is 5.78 Å². The number of amides is 1. The third-order valence-corrected chi connectivity index (χ3v) is 2.81. The van der Waals surface area contributed by atoms with E-state index in [1.165, 1.54) is 12.8 Å². The molecule has 1 unspecified atom stereocenters. The highest BCUT2D eigenvalue weighted by Gasteiger charge is 2.38. The molecule has 1 amide bonds. The van der Waals surface area contributed by atoms with Crippen LogP contribution in [0.25, 0.3) is 0 Å². The Morgan fingerprint density at radius 2 is 2.08 bits per heavy atom. The van der Waals surface area contributed by atoms with E-state index in [1.54, 1.807) is 4.90 Å². The number of hydrogen-bond acceptors (Lipinski definition) is 2. The van der Waals surface area contributed by atoms with Crippen molar-refractivity contribution in [2.45, 2.75) is 32.2 Å². The number of nitrogens with zero attached hydrogens (tertiary/aromatic N) is 1. The van der Waals surface area contributed by atoms with Crippen molar-refractivity contribution in [1.29, 1.82) is 0 Å². The minimum Gasteiger partial charge on any atom is -0.332 e. The summed E-state index contributed by atoms with van der Waals surface area (Å²) >= 11 is 0. The first-order valence-electron chi connectivity index (χ1n) is 4.49. The summed E-state index contributed by atoms with van der Waals surface area (Å²) in [6.07, 6.45) is 2.58. The zero-order chi connectivity index (χ0) is 8.72. The molecule has 1 aliphatic carbocycles. The number of carbonyl (C=O) groups is 2. The van der Waals surface area contributed by atoms with Gasteiger partial charge in [-0.05, 0) is 25.7 Å². The van der Waals surface area contributed by atoms with E-state index in [2.05, 4.69) is 0 Å². The van der Waals surface area contributed by atoms with Crippen LogP contribution in [-0.4, -0.2) is 29.2 Å². The monoisotopic (exact) mass is 167 g/mol. The van der Waals surface area contributed by atoms with Crippen LogP contribution in [0, 0.1) is 5.92 Å². The fraction of sp³-hybridized carbons (Fsp3) is 0.778. The van der Waals surface area contributed by atoms with Gasteiger partial charge in [-0.3, -0.25) is 9.59 Å². The Labute approximate surface area is 71.7 Å². The summed E-state index contributed by atoms with van der Waals surface area (Å²) in [4.78, 5) is 23.9. The van der Waals surface area contributed by atoms with E-state index in [0.29, 0.717) is 18.5 Å². The summed E-state index contributed by atoms with van der Waals surface area (Å²) < 4.78 is 0. The molecule has 3 nitrogen and oxygen atoms in total. The Balaban J connectivity index is 2.02. The average Bonchev–Trinajstić information content (AvgIpc) is 2.77. The normalized spacial score (nSPS) is 26.6. The van der Waals surface area contributed by atoms with Crippen molar-refractivity contribution in [1.82, 2.24) is 4.90 Å². The minimum atomic E-state index is 0.0272. The molecule has 1 atom stereocenters. The van der Waals surface area contributed by atoms with Gasteiger partial charge >= 0.3 is 0 Å². The van der Waals surface area contributed by atoms with Gasteiger partial charge in [0.05, 0.1) is 13.0 Å². The maximum Gasteiger partial charge on any atom is 0.230 e. The van der Waals surface area contributed by atoms with Crippen LogP contribution < -0.4 is 0 Å². The van der Waals surface area contributed by atoms with Gasteiger partial charge in [-0.15, -0.1) is 0 Å². The smallest absolute Gasteiger partial charge is 0.230 e. The molecule has 0 spiro atoms. The lowest BCUT2D eigenvalue weighted by atomic mass is 10.2. The van der Waals surface area contributed by atoms with Crippen molar-refractivity contribution in [2.24, 2.45) is 5.92 Å². The van der Waals surface area contributed by atoms with Crippen molar-refractivity contribution in [2.75, 3.05) is 6.54 Å². The van der Waals surface area contributed by atoms with Crippen LogP contribution in [0.5, 0.6) is 0 Å². The topological polar surface area (TPSA) is 37.4 Å². The molecule has 1 saturated heterocycles. The van der Waals surface area contributed by atoms with Gasteiger partial charge in [-0.2, -0.15) is 0 Å². The zero-order valence-electron chi connectivity index (χ0n) is 7.25. The predicted molar refractivity (Wildman–Crippen MR) is 43.5 cm³/mol. The molecule has 1 saturated carbocycles. The summed E-state index contributed by atoms with van der Waals surface area (Å²) in [5.41, 5.74) is 0. The second-order valence-electron chi connectivity index (χ2n) is 3.82. The SMILES string of the molecule is CC(C1CC1)N1CC(=O)CC1=O. The Kier molecular flexibility index (Phi) is 1.67. The van der Waals surface area contributed by atoms with Crippen molar-refractivity contribution in [3.8, 4) is 0 Å². The van der Waals surface area contributed by atoms with Gasteiger partial charge in [-0.25, -0.2) is 0 Å². The number of Topliss-reactive ketones (excluding diaryl/α,β-unsaturated/α-hetero) is 1. The highest BCUT2D eigenvalue weighted by atomic mass is 16.2. The summed E-state index contributed by atoms with van der Waals surface area (Å²) in [7, 11) is 0. The highest BCUT2D eigenvalue weighted by Crippen LogP contribution is 2.36. The number of hydrogen-bond donors (Lipinski definition) is 0. The lowest BCUT2D eigenvalue weighted by Crippen LogP contribution is -2.35. The van der Waals surface area contributed by atoms with E-state index in [4.69, 9.17) is 0 Å². The lowest BCUT2D eigenvalue weighted by Gasteiger charge is -2.22. The van der Waals surface area contributed by atoms with Crippen LogP contribution in [-0.2, 0) is 9.59 Å². The molecule has 1 aliphatic heterocycles. The first-order valence-corrected chi connectivity index (χ1v) is 4.49. The largest absolute Gasteiger partial charge is 0.332 e. The number of likely N-dealkylation sites (tertiary alicyclic amines) is 1. The van der Waals surface area contributed by atoms with Crippen molar-refractivity contribution in [3.63, 3.8) is 0 Å². The van der Waals surface area contributed by atoms with Crippen LogP contribution in [0.1, 0.15) is 26.2 Å². The fourth-order valence-corrected chi connectivity index (χ4v) is 1.81. The maximum absolute atomic E-state index is 11.3. The van der Waals surface area contributed by atoms with Crippen LogP contribution in [0.2, 0.25) is 0 Å². The molecular formula is C9H13NO2. The standard InChI is InChI=1S/C9H13NO2/c1-6(7-2-3-7)10-5-8(11)4-9(10)12/h6-7H,2-5H2,1H3. The van der Waals surface area contributed by atoms with Gasteiger partial charge in [-0.1, -0.05) is 0 Å². The van der Waals surface area contributed by atoms with E-state index in [0.717, 1.165) is 0 Å². The molecule has 0 aromatic carbocycles. The van der Waals surface area contributed by atoms with Crippen LogP contribution in [0.15, 0.2) is 0 Å². The summed E-state index contributed by atoms with van der Waals surface area (Å²) in [5.74, 6) is 0.770. The molecule has 1 heterocycles. The maximum atomic E-state index is 11.3. The molecule has 0 N–H and O–H groups in total. The highest BCUT2D eigenvalue weighted by molar-refractivity contribution is 6.05. The van der Waals surface area contributed by atoms with Crippen LogP contribution in [0.3, 0.4) is 0 Å². The Morgan fingerprint density at radius 3 is 2.50 bits per heavy atom. The van der Waals surface area contributed by atoms with Crippen LogP contribution in [0.4, 0.5) is 0 Å². The second-order valence-corrected chi connectivity index (χ2v) is 3.82. The Morgan fingerprint density at radius 1 is 1.42 bits per heavy atom. The fourth-order valence-electron chi connectivity index (χ4n) is 1.81. The molecule has 0 aromatic heterocycles. The second kappa shape index (κ2) is 2.57. The van der Waals surface area contributed by atoms with Gasteiger partial charge in [0.1, 0.15) is 0 Å². The molecule has 0 aromatic rings. The predicted octanol–water partition coefficient (Wildman–Crippen LogP) is 0.586. The molecule has 3 heteroatoms. The minimum absolute atomic E-state index is 0.0272. The third kappa shape index (κ3) is 1.24. The number of carbonyl (C=O) groups excluding carboxylic acids is 2. The van der Waals surface area contributed by atoms with Crippen molar-refractivity contribution in [3.05, 3.63) is 0 Å². The van der Waals surface area contributed by atoms with Crippen molar-refractivity contribution >= 4 is 11.7 Å². The molecule has 0 radical (unpaired) electrons. The molecule has 2 fully saturated rings. The van der Waals surface area contributed by atoms with E-state index in [1.807, 2.05) is 6.92 Å². The summed E-state index contributed by atoms with van der Waals surface area (Å²) in [6, 6.07) is 0.295. The number of rotatable bonds is 2. The van der Waals surface area contributed by atoms with E-state index in [9.17, 15) is 9.59 Å². The molecule has 2 aliphatic rings. The lowest BCUT2D eigenvalue weighted by molar-refractivity contribution is -0.129. The van der Waals surface area contributed by atoms with Gasteiger partial charge in [0.2, 0.25) is 5.91 Å². The molecule has 0 bridgehead atoms. The molecule has 2 rings (SSSR count). The zero-order valence-corrected chi connectivity index (χ0v) is 7.25. The Hall–Kier alpha value is -0.860. The summed E-state index contributed by atoms with van der Waals surface area (Å²) in [5, 5.41) is 0. The van der Waals surface area contributed by atoms with Gasteiger partial charge in [0.25, 0.3) is 0 Å². The van der Waals surface area contributed by atoms with Gasteiger partial charge in [0, 0.05) is 6.04 Å². The first-order chi connectivity index (χ1) is 5.68. The van der Waals surface area contributed by atoms with Crippen LogP contribution >= 0.6 is 0 Å². The quantitative estimate of drug-likeness (QED) is 0.564. The van der Waals surface area contributed by atoms with E-state index in [-0.39, 0.29) is 18.1 Å². The Bertz CT molecular complexity index is 233. The molecular weight excluding hydrogens is 154 g/mol. The molecule has 66 valence electrons. The van der Waals surface area contributed by atoms with Crippen molar-refractivity contribution < 1.29 is 9.59 Å². The third-order valence-electron chi connectivity index (χ3n) is 2.81. The number of ketones is 1. The average molecular weight is 167 g/mol.